The lowest BCUT2D eigenvalue weighted by Crippen LogP contribution is -2.14. The van der Waals surface area contributed by atoms with E-state index in [-0.39, 0.29) is 22.9 Å². The lowest BCUT2D eigenvalue weighted by atomic mass is 10.2. The number of halogens is 3. The zero-order valence-electron chi connectivity index (χ0n) is 9.95. The third-order valence-electron chi connectivity index (χ3n) is 2.44. The van der Waals surface area contributed by atoms with E-state index in [1.165, 1.54) is 12.1 Å². The Morgan fingerprint density at radius 3 is 2.40 bits per heavy atom. The molecule has 104 valence electrons. The van der Waals surface area contributed by atoms with Crippen LogP contribution in [0, 0.1) is 17.5 Å². The molecule has 0 aliphatic heterocycles. The Labute approximate surface area is 111 Å². The number of carbonyl (C=O) groups excluding carboxylic acids is 1. The monoisotopic (exact) mass is 282 g/mol. The fourth-order valence-corrected chi connectivity index (χ4v) is 1.45. The third-order valence-corrected chi connectivity index (χ3v) is 2.44. The minimum Gasteiger partial charge on any atom is -0.396 e. The van der Waals surface area contributed by atoms with Gasteiger partial charge >= 0.3 is 0 Å². The van der Waals surface area contributed by atoms with Gasteiger partial charge in [-0.05, 0) is 12.1 Å². The number of carbonyl (C=O) groups is 1. The normalized spacial score (nSPS) is 10.3. The smallest absolute Gasteiger partial charge is 0.267 e. The van der Waals surface area contributed by atoms with Gasteiger partial charge in [0.05, 0.1) is 11.4 Å². The van der Waals surface area contributed by atoms with Crippen molar-refractivity contribution in [1.29, 1.82) is 0 Å². The van der Waals surface area contributed by atoms with Gasteiger partial charge in [-0.1, -0.05) is 0 Å². The molecule has 0 spiro atoms. The number of rotatable bonds is 3. The van der Waals surface area contributed by atoms with Crippen LogP contribution in [0.15, 0.2) is 24.3 Å². The molecule has 0 saturated carbocycles. The first-order valence-corrected chi connectivity index (χ1v) is 5.36. The SMILES string of the molecule is NC(=O)c1ccc(N)c(Nc2cc(F)c(F)cc2F)n1. The van der Waals surface area contributed by atoms with Crippen molar-refractivity contribution in [1.82, 2.24) is 4.98 Å². The van der Waals surface area contributed by atoms with Gasteiger partial charge in [-0.3, -0.25) is 4.79 Å². The van der Waals surface area contributed by atoms with Gasteiger partial charge in [-0.15, -0.1) is 0 Å². The van der Waals surface area contributed by atoms with Crippen LogP contribution in [0.4, 0.5) is 30.4 Å². The summed E-state index contributed by atoms with van der Waals surface area (Å²) >= 11 is 0. The summed E-state index contributed by atoms with van der Waals surface area (Å²) in [6.07, 6.45) is 0. The van der Waals surface area contributed by atoms with Crippen molar-refractivity contribution >= 4 is 23.1 Å². The van der Waals surface area contributed by atoms with Crippen LogP contribution in [0.3, 0.4) is 0 Å². The van der Waals surface area contributed by atoms with E-state index in [1.54, 1.807) is 0 Å². The number of nitrogens with two attached hydrogens (primary N) is 2. The summed E-state index contributed by atoms with van der Waals surface area (Å²) in [7, 11) is 0. The number of hydrogen-bond acceptors (Lipinski definition) is 4. The van der Waals surface area contributed by atoms with E-state index < -0.39 is 23.4 Å². The summed E-state index contributed by atoms with van der Waals surface area (Å²) in [5, 5.41) is 2.38. The molecule has 5 N–H and O–H groups in total. The van der Waals surface area contributed by atoms with Crippen LogP contribution >= 0.6 is 0 Å². The molecular formula is C12H9F3N4O. The van der Waals surface area contributed by atoms with Crippen molar-refractivity contribution in [3.8, 4) is 0 Å². The van der Waals surface area contributed by atoms with Crippen molar-refractivity contribution < 1.29 is 18.0 Å². The molecule has 2 aromatic rings. The third kappa shape index (κ3) is 2.63. The first-order chi connectivity index (χ1) is 9.38. The molecule has 1 amide bonds. The number of primary amides is 1. The largest absolute Gasteiger partial charge is 0.396 e. The topological polar surface area (TPSA) is 94.0 Å². The van der Waals surface area contributed by atoms with Crippen LogP contribution in [-0.2, 0) is 0 Å². The Balaban J connectivity index is 2.42. The average Bonchev–Trinajstić information content (AvgIpc) is 2.38. The molecule has 0 aliphatic carbocycles. The van der Waals surface area contributed by atoms with Crippen LogP contribution in [0.5, 0.6) is 0 Å². The molecule has 0 atom stereocenters. The number of pyridine rings is 1. The molecule has 0 saturated heterocycles. The number of nitrogens with one attached hydrogen (secondary N) is 1. The highest BCUT2D eigenvalue weighted by Gasteiger charge is 2.13. The van der Waals surface area contributed by atoms with Crippen molar-refractivity contribution in [3.63, 3.8) is 0 Å². The molecule has 0 radical (unpaired) electrons. The van der Waals surface area contributed by atoms with E-state index in [2.05, 4.69) is 10.3 Å². The maximum atomic E-state index is 13.5. The summed E-state index contributed by atoms with van der Waals surface area (Å²) in [6, 6.07) is 3.60. The van der Waals surface area contributed by atoms with Crippen LogP contribution < -0.4 is 16.8 Å². The van der Waals surface area contributed by atoms with Gasteiger partial charge in [0, 0.05) is 12.1 Å². The maximum absolute atomic E-state index is 13.5. The van der Waals surface area contributed by atoms with Crippen molar-refractivity contribution in [3.05, 3.63) is 47.4 Å². The summed E-state index contributed by atoms with van der Waals surface area (Å²) in [5.74, 6) is -4.49. The number of benzene rings is 1. The summed E-state index contributed by atoms with van der Waals surface area (Å²) in [4.78, 5) is 14.8. The van der Waals surface area contributed by atoms with Gasteiger partial charge in [-0.25, -0.2) is 18.2 Å². The predicted molar refractivity (Wildman–Crippen MR) is 66.8 cm³/mol. The molecule has 1 aromatic heterocycles. The molecule has 0 fully saturated rings. The number of amides is 1. The summed E-state index contributed by atoms with van der Waals surface area (Å²) in [6.45, 7) is 0. The second kappa shape index (κ2) is 5.08. The van der Waals surface area contributed by atoms with E-state index in [0.29, 0.717) is 12.1 Å². The van der Waals surface area contributed by atoms with E-state index in [0.717, 1.165) is 0 Å². The standard InChI is InChI=1S/C12H9F3N4O/c13-5-3-7(15)10(4-6(5)14)19-12-8(16)1-2-9(18-12)11(17)20/h1-4H,16H2,(H2,17,20)(H,18,19). The molecule has 2 rings (SSSR count). The molecule has 0 unspecified atom stereocenters. The second-order valence-electron chi connectivity index (χ2n) is 3.87. The van der Waals surface area contributed by atoms with Gasteiger partial charge in [0.15, 0.2) is 17.5 Å². The molecule has 1 heterocycles. The Morgan fingerprint density at radius 2 is 1.75 bits per heavy atom. The molecule has 5 nitrogen and oxygen atoms in total. The number of nitrogens with zero attached hydrogens (tertiary/aromatic N) is 1. The highest BCUT2D eigenvalue weighted by atomic mass is 19.2. The number of hydrogen-bond donors (Lipinski definition) is 3. The van der Waals surface area contributed by atoms with Gasteiger partial charge < -0.3 is 16.8 Å². The Bertz CT molecular complexity index is 691. The Hall–Kier alpha value is -2.77. The number of anilines is 3. The zero-order chi connectivity index (χ0) is 14.9. The number of nitrogen functional groups attached to an aromatic ring is 1. The first-order valence-electron chi connectivity index (χ1n) is 5.36. The molecule has 0 aliphatic rings. The fraction of sp³-hybridized carbons (Fsp3) is 0. The molecule has 8 heteroatoms. The van der Waals surface area contributed by atoms with E-state index in [9.17, 15) is 18.0 Å². The van der Waals surface area contributed by atoms with E-state index in [4.69, 9.17) is 11.5 Å². The zero-order valence-corrected chi connectivity index (χ0v) is 9.95. The minimum absolute atomic E-state index is 0.0825. The van der Waals surface area contributed by atoms with Gasteiger partial charge in [0.25, 0.3) is 5.91 Å². The first kappa shape index (κ1) is 13.7. The molecular weight excluding hydrogens is 273 g/mol. The lowest BCUT2D eigenvalue weighted by Gasteiger charge is -2.10. The predicted octanol–water partition coefficient (Wildman–Crippen LogP) is 1.92. The van der Waals surface area contributed by atoms with Crippen molar-refractivity contribution in [2.75, 3.05) is 11.1 Å². The highest BCUT2D eigenvalue weighted by Crippen LogP contribution is 2.25. The van der Waals surface area contributed by atoms with E-state index >= 15 is 0 Å². The van der Waals surface area contributed by atoms with Gasteiger partial charge in [0.1, 0.15) is 11.5 Å². The Morgan fingerprint density at radius 1 is 1.10 bits per heavy atom. The lowest BCUT2D eigenvalue weighted by molar-refractivity contribution is 0.0996. The fourth-order valence-electron chi connectivity index (χ4n) is 1.45. The highest BCUT2D eigenvalue weighted by molar-refractivity contribution is 5.92. The van der Waals surface area contributed by atoms with E-state index in [1.807, 2.05) is 0 Å². The summed E-state index contributed by atoms with van der Waals surface area (Å²) < 4.78 is 39.3. The van der Waals surface area contributed by atoms with Crippen molar-refractivity contribution in [2.24, 2.45) is 5.73 Å². The average molecular weight is 282 g/mol. The van der Waals surface area contributed by atoms with Gasteiger partial charge in [-0.2, -0.15) is 0 Å². The minimum atomic E-state index is -1.32. The van der Waals surface area contributed by atoms with Crippen LogP contribution in [0.1, 0.15) is 10.5 Å². The van der Waals surface area contributed by atoms with Crippen molar-refractivity contribution in [2.45, 2.75) is 0 Å². The van der Waals surface area contributed by atoms with Crippen LogP contribution in [0.25, 0.3) is 0 Å². The molecule has 1 aromatic carbocycles. The molecule has 0 bridgehead atoms. The second-order valence-corrected chi connectivity index (χ2v) is 3.87. The summed E-state index contributed by atoms with van der Waals surface area (Å²) in [5.41, 5.74) is 10.2. The molecule has 20 heavy (non-hydrogen) atoms. The number of aromatic nitrogens is 1. The maximum Gasteiger partial charge on any atom is 0.267 e. The van der Waals surface area contributed by atoms with Crippen LogP contribution in [0.2, 0.25) is 0 Å². The van der Waals surface area contributed by atoms with Gasteiger partial charge in [0.2, 0.25) is 0 Å². The Kier molecular flexibility index (Phi) is 3.47. The quantitative estimate of drug-likeness (QED) is 0.750. The van der Waals surface area contributed by atoms with Crippen LogP contribution in [-0.4, -0.2) is 10.9 Å².